The van der Waals surface area contributed by atoms with Crippen molar-refractivity contribution in [2.75, 3.05) is 14.1 Å². The Morgan fingerprint density at radius 3 is 1.26 bits per heavy atom. The Morgan fingerprint density at radius 2 is 1.26 bits per heavy atom. The molecule has 120 valence electrons. The topological polar surface area (TPSA) is 98.7 Å². The van der Waals surface area contributed by atoms with Gasteiger partial charge in [0.25, 0.3) is 0 Å². The van der Waals surface area contributed by atoms with Crippen LogP contribution in [0.1, 0.15) is 0 Å². The molecule has 6 nitrogen and oxygen atoms in total. The molecule has 0 amide bonds. The van der Waals surface area contributed by atoms with Crippen molar-refractivity contribution < 1.29 is 36.3 Å². The second kappa shape index (κ2) is 19.2. The fourth-order valence-electron chi connectivity index (χ4n) is 0.586. The van der Waals surface area contributed by atoms with Gasteiger partial charge in [-0.2, -0.15) is 0 Å². The first-order valence-electron chi connectivity index (χ1n) is 4.70. The van der Waals surface area contributed by atoms with Crippen molar-refractivity contribution in [3.8, 4) is 0 Å². The van der Waals surface area contributed by atoms with Crippen LogP contribution in [0.2, 0.25) is 10.6 Å². The zero-order chi connectivity index (χ0) is 15.8. The third kappa shape index (κ3) is 19.2. The van der Waals surface area contributed by atoms with E-state index in [9.17, 15) is 9.59 Å². The summed E-state index contributed by atoms with van der Waals surface area (Å²) in [4.78, 5) is 20.2. The van der Waals surface area contributed by atoms with Crippen LogP contribution in [0.3, 0.4) is 0 Å². The zero-order valence-electron chi connectivity index (χ0n) is 10.2. The molecule has 11 heteroatoms. The molecule has 0 aromatic heterocycles. The molecule has 0 fully saturated rings. The Labute approximate surface area is 145 Å². The number of halogens is 2. The van der Waals surface area contributed by atoms with Crippen LogP contribution in [-0.4, -0.2) is 80.4 Å². The number of likely N-dealkylation sites (N-methyl/N-ethyl adjacent to an activating group) is 2. The van der Waals surface area contributed by atoms with Gasteiger partial charge in [-0.15, -0.1) is 0 Å². The van der Waals surface area contributed by atoms with Gasteiger partial charge >= 0.3 is 147 Å². The summed E-state index contributed by atoms with van der Waals surface area (Å²) in [7, 11) is 13.0. The SMILES string of the molecule is CN[C@@H](C[SeH])C(=O)O.CN[C@@H](C[SeH])C(=O)O.[Cl][Pt][Cl]. The van der Waals surface area contributed by atoms with E-state index in [0.717, 1.165) is 0 Å². The van der Waals surface area contributed by atoms with Crippen LogP contribution in [0.5, 0.6) is 0 Å². The molecule has 0 unspecified atom stereocenters. The molecule has 4 N–H and O–H groups in total. The van der Waals surface area contributed by atoms with Crippen LogP contribution >= 0.6 is 18.8 Å². The molecule has 0 saturated carbocycles. The molecule has 19 heavy (non-hydrogen) atoms. The van der Waals surface area contributed by atoms with Gasteiger partial charge in [0.15, 0.2) is 0 Å². The van der Waals surface area contributed by atoms with Crippen LogP contribution in [0.15, 0.2) is 0 Å². The van der Waals surface area contributed by atoms with Crippen molar-refractivity contribution in [1.82, 2.24) is 10.6 Å². The number of hydrogen-bond donors (Lipinski definition) is 4. The second-order valence-corrected chi connectivity index (χ2v) is 7.58. The predicted molar refractivity (Wildman–Crippen MR) is 76.6 cm³/mol. The molecule has 0 radical (unpaired) electrons. The van der Waals surface area contributed by atoms with E-state index in [-0.39, 0.29) is 0 Å². The average molecular weight is 630 g/mol. The van der Waals surface area contributed by atoms with Gasteiger partial charge in [0.05, 0.1) is 0 Å². The Hall–Kier alpha value is 1.17. The summed E-state index contributed by atoms with van der Waals surface area (Å²) < 4.78 is 0. The zero-order valence-corrected chi connectivity index (χ0v) is 17.8. The number of aliphatic carboxylic acids is 2. The fourth-order valence-corrected chi connectivity index (χ4v) is 2.01. The van der Waals surface area contributed by atoms with Crippen molar-refractivity contribution in [3.05, 3.63) is 0 Å². The molecule has 0 aliphatic rings. The summed E-state index contributed by atoms with van der Waals surface area (Å²) in [5.74, 6) is -1.60. The average Bonchev–Trinajstić information content (AvgIpc) is 2.33. The third-order valence-corrected chi connectivity index (χ3v) is 3.19. The normalized spacial score (nSPS) is 12.3. The van der Waals surface area contributed by atoms with Crippen molar-refractivity contribution in [2.45, 2.75) is 22.7 Å². The van der Waals surface area contributed by atoms with Gasteiger partial charge < -0.3 is 0 Å². The Kier molecular flexibility index (Phi) is 25.4. The molecule has 0 spiro atoms. The summed E-state index contributed by atoms with van der Waals surface area (Å²) in [5.41, 5.74) is 0. The molecule has 0 aliphatic carbocycles. The van der Waals surface area contributed by atoms with Gasteiger partial charge in [0.1, 0.15) is 0 Å². The quantitative estimate of drug-likeness (QED) is 0.291. The molecule has 0 aromatic carbocycles. The Balaban J connectivity index is -0.000000224. The van der Waals surface area contributed by atoms with E-state index < -0.39 is 40.5 Å². The van der Waals surface area contributed by atoms with Crippen LogP contribution in [0.25, 0.3) is 0 Å². The van der Waals surface area contributed by atoms with Gasteiger partial charge in [-0.05, 0) is 0 Å². The number of carbonyl (C=O) groups is 2. The minimum absolute atomic E-state index is 0.407. The van der Waals surface area contributed by atoms with E-state index in [1.165, 1.54) is 0 Å². The summed E-state index contributed by atoms with van der Waals surface area (Å²) in [5, 5.41) is 23.0. The van der Waals surface area contributed by atoms with Gasteiger partial charge in [0.2, 0.25) is 0 Å². The molecule has 2 atom stereocenters. The number of carboxylic acids is 2. The Bertz CT molecular complexity index is 213. The van der Waals surface area contributed by atoms with Crippen LogP contribution in [0.4, 0.5) is 0 Å². The molecule has 0 heterocycles. The second-order valence-electron chi connectivity index (χ2n) is 2.77. The summed E-state index contributed by atoms with van der Waals surface area (Å²) >= 11 is 3.99. The summed E-state index contributed by atoms with van der Waals surface area (Å²) in [6.07, 6.45) is 0. The van der Waals surface area contributed by atoms with Crippen LogP contribution < -0.4 is 10.6 Å². The third-order valence-electron chi connectivity index (χ3n) is 1.66. The van der Waals surface area contributed by atoms with Gasteiger partial charge in [-0.25, -0.2) is 0 Å². The Morgan fingerprint density at radius 1 is 1.05 bits per heavy atom. The van der Waals surface area contributed by atoms with E-state index in [2.05, 4.69) is 42.7 Å². The first-order chi connectivity index (χ1) is 8.85. The molecule has 0 saturated heterocycles. The van der Waals surface area contributed by atoms with Gasteiger partial charge in [0, 0.05) is 0 Å². The number of carboxylic acid groups (broad SMARTS) is 2. The first kappa shape index (κ1) is 25.1. The first-order valence-corrected chi connectivity index (χ1v) is 13.0. The van der Waals surface area contributed by atoms with E-state index in [1.54, 1.807) is 14.1 Å². The van der Waals surface area contributed by atoms with E-state index >= 15 is 0 Å². The monoisotopic (exact) mass is 631 g/mol. The van der Waals surface area contributed by atoms with Crippen molar-refractivity contribution >= 4 is 62.8 Å². The van der Waals surface area contributed by atoms with Crippen LogP contribution in [-0.2, 0) is 26.1 Å². The fraction of sp³-hybridized carbons (Fsp3) is 0.750. The number of nitrogens with one attached hydrogen (secondary N) is 2. The number of hydrogen-bond acceptors (Lipinski definition) is 4. The number of rotatable bonds is 6. The summed E-state index contributed by atoms with van der Waals surface area (Å²) in [6.45, 7) is 0. The van der Waals surface area contributed by atoms with Gasteiger partial charge in [-0.1, -0.05) is 0 Å². The molecule has 0 bridgehead atoms. The van der Waals surface area contributed by atoms with E-state index in [0.29, 0.717) is 10.6 Å². The predicted octanol–water partition coefficient (Wildman–Crippen LogP) is -0.667. The maximum absolute atomic E-state index is 10.1. The maximum atomic E-state index is 10.1. The van der Waals surface area contributed by atoms with Crippen molar-refractivity contribution in [1.29, 1.82) is 0 Å². The minimum atomic E-state index is -0.798. The summed E-state index contributed by atoms with van der Waals surface area (Å²) in [6, 6.07) is -0.815. The van der Waals surface area contributed by atoms with Crippen molar-refractivity contribution in [2.24, 2.45) is 0 Å². The van der Waals surface area contributed by atoms with Crippen molar-refractivity contribution in [3.63, 3.8) is 0 Å². The van der Waals surface area contributed by atoms with E-state index in [4.69, 9.17) is 29.0 Å². The van der Waals surface area contributed by atoms with Crippen LogP contribution in [0, 0.1) is 0 Å². The molecule has 0 aromatic rings. The standard InChI is InChI=1S/2C4H9NO2Se.2ClH.Pt/c2*1-5-3(2-8)4(6)7;;;/h2*3,5,8H,2H2,1H3,(H,6,7);2*1H;/q;;;;+2/p-2/t2*3-;;;/m00.../s1. The molecular weight excluding hydrogens is 612 g/mol. The molecular formula is C8H18Cl2N2O4PtSe2. The molecule has 0 aliphatic heterocycles. The van der Waals surface area contributed by atoms with E-state index in [1.807, 2.05) is 0 Å². The van der Waals surface area contributed by atoms with Gasteiger partial charge in [-0.3, -0.25) is 0 Å². The molecule has 0 rings (SSSR count).